The summed E-state index contributed by atoms with van der Waals surface area (Å²) in [4.78, 5) is 0. The second-order valence-electron chi connectivity index (χ2n) is 2.61. The summed E-state index contributed by atoms with van der Waals surface area (Å²) >= 11 is 0. The molecule has 0 aromatic heterocycles. The first-order valence-corrected chi connectivity index (χ1v) is 3.34. The maximum Gasteiger partial charge on any atom is 0.0136 e. The summed E-state index contributed by atoms with van der Waals surface area (Å²) in [6, 6.07) is 0.451. The van der Waals surface area contributed by atoms with Crippen LogP contribution in [-0.4, -0.2) is 25.2 Å². The highest BCUT2D eigenvalue weighted by molar-refractivity contribution is 4.61. The van der Waals surface area contributed by atoms with Gasteiger partial charge in [0.05, 0.1) is 0 Å². The maximum atomic E-state index is 5.48. The Morgan fingerprint density at radius 2 is 1.44 bits per heavy atom. The topological polar surface area (TPSA) is 64.1 Å². The Labute approximate surface area is 56.8 Å². The van der Waals surface area contributed by atoms with E-state index in [1.54, 1.807) is 0 Å². The summed E-state index contributed by atoms with van der Waals surface area (Å²) in [5.74, 6) is 0. The molecular weight excluding hydrogens is 114 g/mol. The maximum absolute atomic E-state index is 5.48. The van der Waals surface area contributed by atoms with Gasteiger partial charge in [-0.25, -0.2) is 0 Å². The lowest BCUT2D eigenvalue weighted by atomic mass is 10.3. The molecule has 56 valence electrons. The summed E-state index contributed by atoms with van der Waals surface area (Å²) in [6.07, 6.45) is 0. The van der Waals surface area contributed by atoms with E-state index in [0.717, 1.165) is 13.1 Å². The Morgan fingerprint density at radius 3 is 1.67 bits per heavy atom. The Morgan fingerprint density at radius 1 is 1.11 bits per heavy atom. The van der Waals surface area contributed by atoms with Gasteiger partial charge in [0.25, 0.3) is 0 Å². The van der Waals surface area contributed by atoms with Crippen molar-refractivity contribution in [3.8, 4) is 0 Å². The van der Waals surface area contributed by atoms with Crippen molar-refractivity contribution < 1.29 is 0 Å². The summed E-state index contributed by atoms with van der Waals surface area (Å²) < 4.78 is 0. The van der Waals surface area contributed by atoms with Crippen molar-refractivity contribution >= 4 is 0 Å². The van der Waals surface area contributed by atoms with Crippen molar-refractivity contribution in [2.45, 2.75) is 25.9 Å². The quantitative estimate of drug-likeness (QED) is 0.471. The number of nitrogens with one attached hydrogen (secondary N) is 1. The van der Waals surface area contributed by atoms with Crippen molar-refractivity contribution in [2.75, 3.05) is 13.1 Å². The Bertz CT molecular complexity index is 53.3. The third-order valence-electron chi connectivity index (χ3n) is 0.933. The van der Waals surface area contributed by atoms with Gasteiger partial charge in [-0.3, -0.25) is 0 Å². The molecule has 0 aliphatic rings. The molecular formula is C6H17N3. The molecule has 0 aliphatic heterocycles. The summed E-state index contributed by atoms with van der Waals surface area (Å²) in [5.41, 5.74) is 11.0. The highest BCUT2D eigenvalue weighted by Crippen LogP contribution is 1.72. The van der Waals surface area contributed by atoms with Gasteiger partial charge in [0.1, 0.15) is 0 Å². The van der Waals surface area contributed by atoms with Gasteiger partial charge in [-0.05, 0) is 13.8 Å². The molecule has 0 bridgehead atoms. The molecule has 3 nitrogen and oxygen atoms in total. The van der Waals surface area contributed by atoms with Crippen LogP contribution in [0, 0.1) is 0 Å². The smallest absolute Gasteiger partial charge is 0.0136 e. The molecule has 0 radical (unpaired) electrons. The van der Waals surface area contributed by atoms with Crippen LogP contribution in [0.2, 0.25) is 0 Å². The molecule has 0 spiro atoms. The Hall–Kier alpha value is -0.120. The van der Waals surface area contributed by atoms with E-state index in [-0.39, 0.29) is 12.1 Å². The second-order valence-corrected chi connectivity index (χ2v) is 2.61. The number of hydrogen-bond donors (Lipinski definition) is 3. The summed E-state index contributed by atoms with van der Waals surface area (Å²) in [6.45, 7) is 5.63. The molecule has 0 unspecified atom stereocenters. The first-order valence-electron chi connectivity index (χ1n) is 3.34. The third-order valence-corrected chi connectivity index (χ3v) is 0.933. The van der Waals surface area contributed by atoms with Crippen molar-refractivity contribution in [1.82, 2.24) is 5.32 Å². The standard InChI is InChI=1S/C6H17N3/c1-5(7)3-9-4-6(2)8/h5-6,9H,3-4,7-8H2,1-2H3/t5-,6-/m0/s1. The van der Waals surface area contributed by atoms with E-state index < -0.39 is 0 Å². The third kappa shape index (κ3) is 7.88. The van der Waals surface area contributed by atoms with E-state index in [1.165, 1.54) is 0 Å². The fourth-order valence-corrected chi connectivity index (χ4v) is 0.539. The zero-order valence-corrected chi connectivity index (χ0v) is 6.22. The van der Waals surface area contributed by atoms with Crippen LogP contribution in [0.4, 0.5) is 0 Å². The lowest BCUT2D eigenvalue weighted by molar-refractivity contribution is 0.567. The van der Waals surface area contributed by atoms with Gasteiger partial charge in [0, 0.05) is 25.2 Å². The normalized spacial score (nSPS) is 17.3. The molecule has 0 aromatic carbocycles. The molecule has 0 saturated carbocycles. The average Bonchev–Trinajstić information content (AvgIpc) is 1.63. The molecule has 0 saturated heterocycles. The summed E-state index contributed by atoms with van der Waals surface area (Å²) in [7, 11) is 0. The number of rotatable bonds is 4. The van der Waals surface area contributed by atoms with Gasteiger partial charge in [0.15, 0.2) is 0 Å². The molecule has 0 amide bonds. The van der Waals surface area contributed by atoms with Crippen LogP contribution in [0.5, 0.6) is 0 Å². The lowest BCUT2D eigenvalue weighted by Gasteiger charge is -2.08. The van der Waals surface area contributed by atoms with Crippen molar-refractivity contribution in [3.05, 3.63) is 0 Å². The molecule has 5 N–H and O–H groups in total. The monoisotopic (exact) mass is 131 g/mol. The van der Waals surface area contributed by atoms with Gasteiger partial charge in [-0.1, -0.05) is 0 Å². The fourth-order valence-electron chi connectivity index (χ4n) is 0.539. The van der Waals surface area contributed by atoms with Gasteiger partial charge < -0.3 is 16.8 Å². The first-order chi connectivity index (χ1) is 4.13. The van der Waals surface area contributed by atoms with Gasteiger partial charge in [0.2, 0.25) is 0 Å². The zero-order valence-electron chi connectivity index (χ0n) is 6.22. The van der Waals surface area contributed by atoms with Crippen LogP contribution in [0.15, 0.2) is 0 Å². The minimum absolute atomic E-state index is 0.226. The average molecular weight is 131 g/mol. The van der Waals surface area contributed by atoms with Crippen molar-refractivity contribution in [2.24, 2.45) is 11.5 Å². The van der Waals surface area contributed by atoms with E-state index >= 15 is 0 Å². The molecule has 0 fully saturated rings. The van der Waals surface area contributed by atoms with E-state index in [0.29, 0.717) is 0 Å². The summed E-state index contributed by atoms with van der Waals surface area (Å²) in [5, 5.41) is 3.13. The van der Waals surface area contributed by atoms with Crippen molar-refractivity contribution in [1.29, 1.82) is 0 Å². The van der Waals surface area contributed by atoms with E-state index in [1.807, 2.05) is 13.8 Å². The molecule has 3 heteroatoms. The van der Waals surface area contributed by atoms with Crippen LogP contribution in [-0.2, 0) is 0 Å². The van der Waals surface area contributed by atoms with Gasteiger partial charge in [-0.2, -0.15) is 0 Å². The molecule has 2 atom stereocenters. The SMILES string of the molecule is C[C@H](N)CNC[C@H](C)N. The minimum atomic E-state index is 0.226. The van der Waals surface area contributed by atoms with Gasteiger partial charge >= 0.3 is 0 Å². The van der Waals surface area contributed by atoms with E-state index in [4.69, 9.17) is 11.5 Å². The van der Waals surface area contributed by atoms with Gasteiger partial charge in [-0.15, -0.1) is 0 Å². The highest BCUT2D eigenvalue weighted by Gasteiger charge is 1.94. The highest BCUT2D eigenvalue weighted by atomic mass is 14.9. The molecule has 0 aromatic rings. The van der Waals surface area contributed by atoms with Crippen LogP contribution >= 0.6 is 0 Å². The minimum Gasteiger partial charge on any atom is -0.327 e. The lowest BCUT2D eigenvalue weighted by Crippen LogP contribution is -2.37. The zero-order chi connectivity index (χ0) is 7.28. The fraction of sp³-hybridized carbons (Fsp3) is 1.00. The first kappa shape index (κ1) is 8.88. The van der Waals surface area contributed by atoms with Crippen LogP contribution in [0.25, 0.3) is 0 Å². The number of nitrogens with two attached hydrogens (primary N) is 2. The molecule has 9 heavy (non-hydrogen) atoms. The Kier molecular flexibility index (Phi) is 4.67. The predicted octanol–water partition coefficient (Wildman–Crippen LogP) is -0.730. The van der Waals surface area contributed by atoms with Crippen LogP contribution in [0.1, 0.15) is 13.8 Å². The van der Waals surface area contributed by atoms with Crippen molar-refractivity contribution in [3.63, 3.8) is 0 Å². The van der Waals surface area contributed by atoms with Crippen LogP contribution in [0.3, 0.4) is 0 Å². The molecule has 0 heterocycles. The largest absolute Gasteiger partial charge is 0.327 e. The Balaban J connectivity index is 2.91. The van der Waals surface area contributed by atoms with E-state index in [2.05, 4.69) is 5.32 Å². The number of hydrogen-bond acceptors (Lipinski definition) is 3. The predicted molar refractivity (Wildman–Crippen MR) is 40.2 cm³/mol. The second kappa shape index (κ2) is 4.73. The van der Waals surface area contributed by atoms with E-state index in [9.17, 15) is 0 Å². The van der Waals surface area contributed by atoms with Crippen LogP contribution < -0.4 is 16.8 Å². The molecule has 0 aliphatic carbocycles. The molecule has 0 rings (SSSR count).